The Morgan fingerprint density at radius 3 is 2.56 bits per heavy atom. The lowest BCUT2D eigenvalue weighted by atomic mass is 10.1. The van der Waals surface area contributed by atoms with E-state index < -0.39 is 0 Å². The van der Waals surface area contributed by atoms with E-state index in [1.54, 1.807) is 12.4 Å². The molecule has 0 spiro atoms. The molecule has 7 heteroatoms. The molecule has 126 valence electrons. The zero-order valence-electron chi connectivity index (χ0n) is 13.4. The second-order valence-electron chi connectivity index (χ2n) is 5.96. The first-order valence-electron chi connectivity index (χ1n) is 8.04. The van der Waals surface area contributed by atoms with Crippen LogP contribution in [0.25, 0.3) is 22.6 Å². The Kier molecular flexibility index (Phi) is 4.29. The predicted octanol–water partition coefficient (Wildman–Crippen LogP) is 2.83. The van der Waals surface area contributed by atoms with Gasteiger partial charge in [0.25, 0.3) is 0 Å². The Labute approximate surface area is 150 Å². The summed E-state index contributed by atoms with van der Waals surface area (Å²) in [4.78, 5) is 11.4. The zero-order chi connectivity index (χ0) is 17.2. The second kappa shape index (κ2) is 6.74. The van der Waals surface area contributed by atoms with Crippen LogP contribution >= 0.6 is 11.6 Å². The van der Waals surface area contributed by atoms with Crippen molar-refractivity contribution in [2.45, 2.75) is 12.5 Å². The zero-order valence-corrected chi connectivity index (χ0v) is 14.1. The van der Waals surface area contributed by atoms with Crippen molar-refractivity contribution in [3.8, 4) is 22.6 Å². The first-order valence-corrected chi connectivity index (χ1v) is 8.42. The lowest BCUT2D eigenvalue weighted by Gasteiger charge is -2.18. The number of nitrogens with zero attached hydrogens (tertiary/aromatic N) is 5. The van der Waals surface area contributed by atoms with Crippen molar-refractivity contribution >= 4 is 17.4 Å². The number of anilines is 1. The van der Waals surface area contributed by atoms with Crippen LogP contribution < -0.4 is 4.90 Å². The van der Waals surface area contributed by atoms with Crippen LogP contribution in [0.3, 0.4) is 0 Å². The molecule has 0 amide bonds. The Morgan fingerprint density at radius 1 is 1.04 bits per heavy atom. The topological polar surface area (TPSA) is 75.0 Å². The Hall–Kier alpha value is -2.57. The van der Waals surface area contributed by atoms with Gasteiger partial charge >= 0.3 is 0 Å². The van der Waals surface area contributed by atoms with Crippen LogP contribution in [0.15, 0.2) is 48.8 Å². The van der Waals surface area contributed by atoms with E-state index in [2.05, 4.69) is 25.1 Å². The summed E-state index contributed by atoms with van der Waals surface area (Å²) in [5.41, 5.74) is 2.55. The molecular formula is C18H16ClN5O. The maximum atomic E-state index is 9.85. The van der Waals surface area contributed by atoms with Crippen molar-refractivity contribution < 1.29 is 5.11 Å². The average Bonchev–Trinajstić information content (AvgIpc) is 3.09. The second-order valence-corrected chi connectivity index (χ2v) is 6.40. The van der Waals surface area contributed by atoms with Crippen LogP contribution in [-0.2, 0) is 0 Å². The van der Waals surface area contributed by atoms with Crippen molar-refractivity contribution in [2.75, 3.05) is 18.0 Å². The molecule has 1 fully saturated rings. The number of hydrogen-bond donors (Lipinski definition) is 1. The fourth-order valence-electron chi connectivity index (χ4n) is 2.87. The summed E-state index contributed by atoms with van der Waals surface area (Å²) >= 11 is 5.99. The van der Waals surface area contributed by atoms with Crippen LogP contribution in [0.4, 0.5) is 5.82 Å². The monoisotopic (exact) mass is 353 g/mol. The fourth-order valence-corrected chi connectivity index (χ4v) is 2.99. The van der Waals surface area contributed by atoms with Gasteiger partial charge in [-0.3, -0.25) is 0 Å². The highest BCUT2D eigenvalue weighted by Crippen LogP contribution is 2.28. The molecule has 4 rings (SSSR count). The lowest BCUT2D eigenvalue weighted by molar-refractivity contribution is 0.198. The molecule has 1 aliphatic rings. The number of hydrogen-bond acceptors (Lipinski definition) is 6. The number of β-amino-alcohol motifs (C(OH)–C–C–N with tert-alkyl or cyclic N) is 1. The number of aromatic nitrogens is 4. The van der Waals surface area contributed by atoms with E-state index in [9.17, 15) is 5.11 Å². The van der Waals surface area contributed by atoms with Crippen LogP contribution in [-0.4, -0.2) is 44.5 Å². The molecule has 1 unspecified atom stereocenters. The van der Waals surface area contributed by atoms with Gasteiger partial charge in [0.1, 0.15) is 5.82 Å². The molecule has 0 bridgehead atoms. The predicted molar refractivity (Wildman–Crippen MR) is 96.3 cm³/mol. The lowest BCUT2D eigenvalue weighted by Crippen LogP contribution is -2.22. The Balaban J connectivity index is 1.81. The number of benzene rings is 1. The van der Waals surface area contributed by atoms with E-state index in [0.29, 0.717) is 17.4 Å². The summed E-state index contributed by atoms with van der Waals surface area (Å²) in [5, 5.41) is 18.2. The van der Waals surface area contributed by atoms with Crippen LogP contribution in [0.2, 0.25) is 5.02 Å². The van der Waals surface area contributed by atoms with E-state index in [1.807, 2.05) is 36.4 Å². The smallest absolute Gasteiger partial charge is 0.163 e. The number of halogens is 1. The standard InChI is InChI=1S/C18H16ClN5O/c19-14-3-1-12(2-4-14)16-9-17(24-8-6-15(25)11-24)23-18(22-16)13-5-7-20-21-10-13/h1-5,7,9-10,15,25H,6,8,11H2. The van der Waals surface area contributed by atoms with E-state index in [0.717, 1.165) is 35.6 Å². The highest BCUT2D eigenvalue weighted by Gasteiger charge is 2.23. The minimum Gasteiger partial charge on any atom is -0.391 e. The molecule has 0 radical (unpaired) electrons. The molecule has 1 aromatic carbocycles. The summed E-state index contributed by atoms with van der Waals surface area (Å²) in [6.07, 6.45) is 3.68. The van der Waals surface area contributed by atoms with Gasteiger partial charge < -0.3 is 10.0 Å². The fraction of sp³-hybridized carbons (Fsp3) is 0.222. The first-order chi connectivity index (χ1) is 12.2. The van der Waals surface area contributed by atoms with Crippen molar-refractivity contribution in [3.63, 3.8) is 0 Å². The van der Waals surface area contributed by atoms with Gasteiger partial charge in [-0.25, -0.2) is 9.97 Å². The van der Waals surface area contributed by atoms with Gasteiger partial charge in [-0.05, 0) is 24.6 Å². The van der Waals surface area contributed by atoms with Crippen molar-refractivity contribution in [3.05, 3.63) is 53.8 Å². The molecule has 2 aromatic heterocycles. The van der Waals surface area contributed by atoms with E-state index in [1.165, 1.54) is 0 Å². The highest BCUT2D eigenvalue weighted by molar-refractivity contribution is 6.30. The van der Waals surface area contributed by atoms with Gasteiger partial charge in [0, 0.05) is 35.3 Å². The summed E-state index contributed by atoms with van der Waals surface area (Å²) < 4.78 is 0. The molecule has 6 nitrogen and oxygen atoms in total. The normalized spacial score (nSPS) is 17.0. The molecule has 0 saturated carbocycles. The third-order valence-electron chi connectivity index (χ3n) is 4.18. The molecule has 3 heterocycles. The maximum absolute atomic E-state index is 9.85. The third-order valence-corrected chi connectivity index (χ3v) is 4.43. The van der Waals surface area contributed by atoms with Crippen molar-refractivity contribution in [1.29, 1.82) is 0 Å². The summed E-state index contributed by atoms with van der Waals surface area (Å²) in [6, 6.07) is 11.3. The SMILES string of the molecule is OC1CCN(c2cc(-c3ccc(Cl)cc3)nc(-c3ccnnc3)n2)C1. The quantitative estimate of drug-likeness (QED) is 0.780. The number of aliphatic hydroxyl groups excluding tert-OH is 1. The molecular weight excluding hydrogens is 338 g/mol. The van der Waals surface area contributed by atoms with Gasteiger partial charge in [-0.2, -0.15) is 10.2 Å². The van der Waals surface area contributed by atoms with Gasteiger partial charge in [0.05, 0.1) is 24.2 Å². The van der Waals surface area contributed by atoms with E-state index >= 15 is 0 Å². The van der Waals surface area contributed by atoms with Crippen LogP contribution in [0.1, 0.15) is 6.42 Å². The van der Waals surface area contributed by atoms with Crippen LogP contribution in [0.5, 0.6) is 0 Å². The highest BCUT2D eigenvalue weighted by atomic mass is 35.5. The third kappa shape index (κ3) is 3.45. The molecule has 3 aromatic rings. The van der Waals surface area contributed by atoms with Crippen molar-refractivity contribution in [1.82, 2.24) is 20.2 Å². The van der Waals surface area contributed by atoms with E-state index in [-0.39, 0.29) is 6.10 Å². The average molecular weight is 354 g/mol. The van der Waals surface area contributed by atoms with Crippen LogP contribution in [0, 0.1) is 0 Å². The molecule has 1 N–H and O–H groups in total. The molecule has 1 atom stereocenters. The minimum absolute atomic E-state index is 0.319. The molecule has 0 aliphatic carbocycles. The Bertz CT molecular complexity index is 872. The number of rotatable bonds is 3. The largest absolute Gasteiger partial charge is 0.391 e. The minimum atomic E-state index is -0.319. The summed E-state index contributed by atoms with van der Waals surface area (Å²) in [6.45, 7) is 1.34. The Morgan fingerprint density at radius 2 is 1.88 bits per heavy atom. The molecule has 25 heavy (non-hydrogen) atoms. The molecule has 1 saturated heterocycles. The van der Waals surface area contributed by atoms with E-state index in [4.69, 9.17) is 11.6 Å². The maximum Gasteiger partial charge on any atom is 0.163 e. The van der Waals surface area contributed by atoms with Gasteiger partial charge in [0.2, 0.25) is 0 Å². The summed E-state index contributed by atoms with van der Waals surface area (Å²) in [5.74, 6) is 1.38. The summed E-state index contributed by atoms with van der Waals surface area (Å²) in [7, 11) is 0. The first kappa shape index (κ1) is 15.9. The van der Waals surface area contributed by atoms with Crippen molar-refractivity contribution in [2.24, 2.45) is 0 Å². The van der Waals surface area contributed by atoms with Gasteiger partial charge in [0.15, 0.2) is 5.82 Å². The van der Waals surface area contributed by atoms with Gasteiger partial charge in [-0.1, -0.05) is 23.7 Å². The molecule has 1 aliphatic heterocycles. The number of aliphatic hydroxyl groups is 1. The van der Waals surface area contributed by atoms with Gasteiger partial charge in [-0.15, -0.1) is 0 Å².